The first-order chi connectivity index (χ1) is 16.1. The predicted molar refractivity (Wildman–Crippen MR) is 136 cm³/mol. The molecular weight excluding hydrogens is 438 g/mol. The molecule has 0 aromatic heterocycles. The van der Waals surface area contributed by atoms with E-state index < -0.39 is 23.0 Å². The lowest BCUT2D eigenvalue weighted by Crippen LogP contribution is -2.69. The first kappa shape index (κ1) is 25.4. The normalized spacial score (nSPS) is 55.1. The summed E-state index contributed by atoms with van der Waals surface area (Å²) in [6, 6.07) is 0. The molecule has 0 aromatic rings. The Bertz CT molecular complexity index is 987. The van der Waals surface area contributed by atoms with Crippen molar-refractivity contribution in [3.63, 3.8) is 0 Å². The Hall–Kier alpha value is -1.20. The minimum absolute atomic E-state index is 0.0185. The fourth-order valence-electron chi connectivity index (χ4n) is 10.9. The SMILES string of the molecule is C[C@@H]1CC[C@]2(C(N)=O)CC[C@]3(C)C(=CC(=O)C4[C@@]5(C)C[C@@H](O)[C@H](O)C(C)(C)C5CC[C@]43C)C2[C@H]1C. The third-order valence-electron chi connectivity index (χ3n) is 13.2. The van der Waals surface area contributed by atoms with Crippen LogP contribution in [0.5, 0.6) is 0 Å². The number of hydrogen-bond donors (Lipinski definition) is 3. The summed E-state index contributed by atoms with van der Waals surface area (Å²) < 4.78 is 0. The molecule has 0 saturated heterocycles. The third kappa shape index (κ3) is 2.89. The van der Waals surface area contributed by atoms with E-state index in [0.717, 1.165) is 38.5 Å². The number of amides is 1. The van der Waals surface area contributed by atoms with Gasteiger partial charge in [0.2, 0.25) is 5.91 Å². The summed E-state index contributed by atoms with van der Waals surface area (Å²) in [4.78, 5) is 27.3. The van der Waals surface area contributed by atoms with Gasteiger partial charge in [0.05, 0.1) is 17.6 Å². The topological polar surface area (TPSA) is 101 Å². The molecule has 5 heteroatoms. The zero-order valence-electron chi connectivity index (χ0n) is 22.9. The first-order valence-electron chi connectivity index (χ1n) is 14.0. The maximum atomic E-state index is 14.3. The van der Waals surface area contributed by atoms with Gasteiger partial charge >= 0.3 is 0 Å². The third-order valence-corrected chi connectivity index (χ3v) is 13.2. The van der Waals surface area contributed by atoms with E-state index in [2.05, 4.69) is 48.5 Å². The van der Waals surface area contributed by atoms with Gasteiger partial charge in [-0.15, -0.1) is 0 Å². The van der Waals surface area contributed by atoms with Crippen LogP contribution in [0.25, 0.3) is 0 Å². The fraction of sp³-hybridized carbons (Fsp3) is 0.867. The van der Waals surface area contributed by atoms with Crippen LogP contribution in [0.2, 0.25) is 0 Å². The number of ketones is 1. The summed E-state index contributed by atoms with van der Waals surface area (Å²) in [5, 5.41) is 21.9. The van der Waals surface area contributed by atoms with Gasteiger partial charge in [0.15, 0.2) is 5.78 Å². The molecular formula is C30H47NO4. The minimum atomic E-state index is -0.826. The number of hydrogen-bond acceptors (Lipinski definition) is 4. The molecule has 35 heavy (non-hydrogen) atoms. The van der Waals surface area contributed by atoms with Crippen LogP contribution in [0.1, 0.15) is 93.4 Å². The maximum absolute atomic E-state index is 14.3. The molecule has 0 aliphatic heterocycles. The van der Waals surface area contributed by atoms with Gasteiger partial charge in [0.25, 0.3) is 0 Å². The Morgan fingerprint density at radius 2 is 1.66 bits per heavy atom. The van der Waals surface area contributed by atoms with Crippen molar-refractivity contribution in [3.8, 4) is 0 Å². The Kier molecular flexibility index (Phi) is 5.40. The molecule has 1 amide bonds. The second-order valence-corrected chi connectivity index (χ2v) is 14.7. The van der Waals surface area contributed by atoms with E-state index in [4.69, 9.17) is 5.73 Å². The predicted octanol–water partition coefficient (Wildman–Crippen LogP) is 4.64. The van der Waals surface area contributed by atoms with Gasteiger partial charge in [-0.25, -0.2) is 0 Å². The number of fused-ring (bicyclic) bond motifs is 7. The van der Waals surface area contributed by atoms with E-state index >= 15 is 0 Å². The molecule has 5 nitrogen and oxygen atoms in total. The van der Waals surface area contributed by atoms with Crippen LogP contribution in [-0.4, -0.2) is 34.1 Å². The van der Waals surface area contributed by atoms with E-state index in [1.807, 2.05) is 6.08 Å². The van der Waals surface area contributed by atoms with Crippen molar-refractivity contribution in [2.75, 3.05) is 0 Å². The van der Waals surface area contributed by atoms with Crippen LogP contribution in [0.4, 0.5) is 0 Å². The molecule has 4 fully saturated rings. The first-order valence-corrected chi connectivity index (χ1v) is 14.0. The minimum Gasteiger partial charge on any atom is -0.390 e. The molecule has 0 spiro atoms. The molecule has 196 valence electrons. The highest BCUT2D eigenvalue weighted by Gasteiger charge is 2.71. The average Bonchev–Trinajstić information content (AvgIpc) is 2.75. The number of carbonyl (C=O) groups excluding carboxylic acids is 2. The van der Waals surface area contributed by atoms with E-state index in [0.29, 0.717) is 18.3 Å². The molecule has 5 aliphatic rings. The lowest BCUT2D eigenvalue weighted by molar-refractivity contribution is -0.227. The smallest absolute Gasteiger partial charge is 0.224 e. The molecule has 0 heterocycles. The van der Waals surface area contributed by atoms with Crippen molar-refractivity contribution in [2.45, 2.75) is 106 Å². The van der Waals surface area contributed by atoms with E-state index in [9.17, 15) is 19.8 Å². The van der Waals surface area contributed by atoms with Gasteiger partial charge in [-0.05, 0) is 96.4 Å². The summed E-state index contributed by atoms with van der Waals surface area (Å²) in [6.07, 6.45) is 6.14. The van der Waals surface area contributed by atoms with Crippen molar-refractivity contribution in [1.82, 2.24) is 0 Å². The highest BCUT2D eigenvalue weighted by Crippen LogP contribution is 2.75. The van der Waals surface area contributed by atoms with Crippen molar-refractivity contribution in [2.24, 2.45) is 62.4 Å². The number of rotatable bonds is 1. The second kappa shape index (κ2) is 7.43. The van der Waals surface area contributed by atoms with Crippen LogP contribution >= 0.6 is 0 Å². The van der Waals surface area contributed by atoms with Gasteiger partial charge in [-0.1, -0.05) is 54.0 Å². The Labute approximate surface area is 211 Å². The average molecular weight is 486 g/mol. The monoisotopic (exact) mass is 485 g/mol. The molecule has 0 bridgehead atoms. The van der Waals surface area contributed by atoms with E-state index in [1.165, 1.54) is 5.57 Å². The zero-order chi connectivity index (χ0) is 25.9. The van der Waals surface area contributed by atoms with Crippen LogP contribution in [0.15, 0.2) is 11.6 Å². The van der Waals surface area contributed by atoms with Gasteiger partial charge in [-0.2, -0.15) is 0 Å². The fourth-order valence-corrected chi connectivity index (χ4v) is 10.9. The number of aliphatic hydroxyl groups is 2. The van der Waals surface area contributed by atoms with Gasteiger partial charge < -0.3 is 15.9 Å². The molecule has 3 unspecified atom stereocenters. The van der Waals surface area contributed by atoms with Crippen molar-refractivity contribution in [1.29, 1.82) is 0 Å². The lowest BCUT2D eigenvalue weighted by Gasteiger charge is -2.71. The van der Waals surface area contributed by atoms with Crippen molar-refractivity contribution < 1.29 is 19.8 Å². The summed E-state index contributed by atoms with van der Waals surface area (Å²) in [6.45, 7) is 15.6. The Morgan fingerprint density at radius 1 is 1.00 bits per heavy atom. The maximum Gasteiger partial charge on any atom is 0.224 e. The van der Waals surface area contributed by atoms with Gasteiger partial charge in [0.1, 0.15) is 0 Å². The zero-order valence-corrected chi connectivity index (χ0v) is 22.9. The highest BCUT2D eigenvalue weighted by atomic mass is 16.3. The molecule has 0 radical (unpaired) electrons. The van der Waals surface area contributed by atoms with Gasteiger partial charge in [0, 0.05) is 5.92 Å². The van der Waals surface area contributed by atoms with Crippen LogP contribution in [-0.2, 0) is 9.59 Å². The summed E-state index contributed by atoms with van der Waals surface area (Å²) in [5.74, 6) is 0.734. The lowest BCUT2D eigenvalue weighted by atomic mass is 9.33. The second-order valence-electron chi connectivity index (χ2n) is 14.7. The van der Waals surface area contributed by atoms with Crippen LogP contribution < -0.4 is 5.73 Å². The quantitative estimate of drug-likeness (QED) is 0.504. The highest BCUT2D eigenvalue weighted by molar-refractivity contribution is 5.96. The number of aliphatic hydroxyl groups excluding tert-OH is 2. The number of primary amides is 1. The number of nitrogens with two attached hydrogens (primary N) is 1. The van der Waals surface area contributed by atoms with Crippen molar-refractivity contribution >= 4 is 11.7 Å². The summed E-state index contributed by atoms with van der Waals surface area (Å²) >= 11 is 0. The van der Waals surface area contributed by atoms with Crippen LogP contribution in [0, 0.1) is 56.7 Å². The molecule has 4 saturated carbocycles. The van der Waals surface area contributed by atoms with Crippen LogP contribution in [0.3, 0.4) is 0 Å². The number of allylic oxidation sites excluding steroid dienone is 2. The molecule has 11 atom stereocenters. The van der Waals surface area contributed by atoms with Crippen molar-refractivity contribution in [3.05, 3.63) is 11.6 Å². The molecule has 5 aliphatic carbocycles. The summed E-state index contributed by atoms with van der Waals surface area (Å²) in [5.41, 5.74) is 5.48. The Balaban J connectivity index is 1.67. The largest absolute Gasteiger partial charge is 0.390 e. The van der Waals surface area contributed by atoms with E-state index in [1.54, 1.807) is 0 Å². The molecule has 5 rings (SSSR count). The van der Waals surface area contributed by atoms with Gasteiger partial charge in [-0.3, -0.25) is 9.59 Å². The summed E-state index contributed by atoms with van der Waals surface area (Å²) in [7, 11) is 0. The standard InChI is InChI=1S/C30H47NO4/c1-16-8-11-30(25(31)35)13-12-28(6)18(22(30)17(16)2)14-19(32)23-27(5)15-20(33)24(34)26(3,4)21(27)9-10-29(23,28)7/h14,16-17,20-24,33-34H,8-13,15H2,1-7H3,(H2,31,35)/t16-,17+,20-,21?,22?,23?,24+,27+,28-,29-,30+/m1/s1. The molecule has 0 aromatic carbocycles. The van der Waals surface area contributed by atoms with E-state index in [-0.39, 0.29) is 45.7 Å². The Morgan fingerprint density at radius 3 is 2.29 bits per heavy atom. The number of carbonyl (C=O) groups is 2. The molecule has 4 N–H and O–H groups in total.